The molecule has 0 aliphatic carbocycles. The zero-order valence-corrected chi connectivity index (χ0v) is 19.9. The molecule has 2 amide bonds. The number of fused-ring (bicyclic) bond motifs is 1. The van der Waals surface area contributed by atoms with Gasteiger partial charge in [-0.3, -0.25) is 14.5 Å². The van der Waals surface area contributed by atoms with Crippen molar-refractivity contribution in [1.82, 2.24) is 24.6 Å². The number of halogens is 4. The first-order valence-corrected chi connectivity index (χ1v) is 12.0. The fourth-order valence-electron chi connectivity index (χ4n) is 3.48. The lowest BCUT2D eigenvalue weighted by atomic mass is 9.86. The van der Waals surface area contributed by atoms with Gasteiger partial charge in [0.05, 0.1) is 6.04 Å². The highest BCUT2D eigenvalue weighted by atomic mass is 35.5. The van der Waals surface area contributed by atoms with Crippen molar-refractivity contribution in [3.05, 3.63) is 25.6 Å². The van der Waals surface area contributed by atoms with Crippen molar-refractivity contribution in [3.8, 4) is 0 Å². The maximum absolute atomic E-state index is 12.8. The number of carboxylic acids is 1. The molecule has 35 heavy (non-hydrogen) atoms. The summed E-state index contributed by atoms with van der Waals surface area (Å²) in [5.74, 6) is -3.25. The second-order valence-electron chi connectivity index (χ2n) is 6.95. The second-order valence-corrected chi connectivity index (χ2v) is 10.4. The van der Waals surface area contributed by atoms with Crippen LogP contribution >= 0.6 is 46.2 Å². The number of anilines is 1. The number of amides is 2. The van der Waals surface area contributed by atoms with E-state index in [9.17, 15) is 37.9 Å². The van der Waals surface area contributed by atoms with E-state index in [1.54, 1.807) is 0 Å². The van der Waals surface area contributed by atoms with Gasteiger partial charge in [-0.2, -0.15) is 17.5 Å². The van der Waals surface area contributed by atoms with E-state index in [1.807, 2.05) is 0 Å². The van der Waals surface area contributed by atoms with Crippen LogP contribution in [0.15, 0.2) is 20.9 Å². The number of rotatable bonds is 6. The number of thiazole rings is 1. The number of nitrogens with one attached hydrogen (secondary N) is 1. The Balaban J connectivity index is 1.52. The third kappa shape index (κ3) is 4.65. The Bertz CT molecular complexity index is 1290. The highest BCUT2D eigenvalue weighted by Crippen LogP contribution is 2.43. The molecule has 0 spiro atoms. The summed E-state index contributed by atoms with van der Waals surface area (Å²) < 4.78 is 41.9. The molecule has 0 saturated carbocycles. The number of aromatic nitrogens is 3. The van der Waals surface area contributed by atoms with Crippen LogP contribution in [0.5, 0.6) is 0 Å². The molecule has 1 fully saturated rings. The molecule has 0 radical (unpaired) electrons. The zero-order valence-electron chi connectivity index (χ0n) is 16.7. The number of thioether (sulfide) groups is 1. The van der Waals surface area contributed by atoms with Gasteiger partial charge in [0.15, 0.2) is 10.8 Å². The number of aliphatic carboxylic acids is 1. The van der Waals surface area contributed by atoms with Crippen LogP contribution in [0.2, 0.25) is 4.34 Å². The fraction of sp³-hybridized carbons (Fsp3) is 0.312. The van der Waals surface area contributed by atoms with Crippen LogP contribution in [0, 0.1) is 0 Å². The van der Waals surface area contributed by atoms with E-state index in [4.69, 9.17) is 17.3 Å². The molecule has 2 aliphatic rings. The van der Waals surface area contributed by atoms with E-state index in [-0.39, 0.29) is 49.6 Å². The van der Waals surface area contributed by atoms with Gasteiger partial charge in [0, 0.05) is 4.91 Å². The molecule has 0 bridgehead atoms. The summed E-state index contributed by atoms with van der Waals surface area (Å²) in [6.45, 7) is 0. The van der Waals surface area contributed by atoms with Gasteiger partial charge in [-0.15, -0.1) is 0 Å². The summed E-state index contributed by atoms with van der Waals surface area (Å²) in [7, 11) is 0. The SMILES string of the molecule is Nc1nc(/C(=N/O)C(=O)N[C@@H]2C(=O)N3C(C(=O)O)=C(Sc4nsc(C(F)(F)F)n4)CC[C@H]23)c(Cl)s1. The summed E-state index contributed by atoms with van der Waals surface area (Å²) in [6.07, 6.45) is -4.44. The number of nitrogens with zero attached hydrogens (tertiary/aromatic N) is 5. The summed E-state index contributed by atoms with van der Waals surface area (Å²) >= 11 is 7.52. The molecule has 5 N–H and O–H groups in total. The Morgan fingerprint density at radius 3 is 2.60 bits per heavy atom. The van der Waals surface area contributed by atoms with Crippen molar-refractivity contribution in [2.45, 2.75) is 36.3 Å². The number of oxime groups is 1. The molecule has 2 aromatic rings. The first-order chi connectivity index (χ1) is 16.4. The highest BCUT2D eigenvalue weighted by Gasteiger charge is 2.54. The lowest BCUT2D eigenvalue weighted by Gasteiger charge is -2.49. The molecule has 2 aromatic heterocycles. The third-order valence-corrected chi connectivity index (χ3v) is 7.86. The maximum atomic E-state index is 12.8. The number of β-lactam (4-membered cyclic amide) rings is 1. The fourth-order valence-corrected chi connectivity index (χ4v) is 6.02. The minimum absolute atomic E-state index is 0.00958. The normalized spacial score (nSPS) is 20.5. The van der Waals surface area contributed by atoms with Gasteiger partial charge < -0.3 is 21.4 Å². The van der Waals surface area contributed by atoms with Crippen LogP contribution < -0.4 is 11.1 Å². The van der Waals surface area contributed by atoms with Crippen LogP contribution in [0.1, 0.15) is 23.5 Å². The third-order valence-electron chi connectivity index (χ3n) is 4.89. The van der Waals surface area contributed by atoms with Crippen molar-refractivity contribution in [2.24, 2.45) is 5.16 Å². The molecular weight excluding hydrogens is 559 g/mol. The average Bonchev–Trinajstić information content (AvgIpc) is 3.38. The standard InChI is InChI=1S/C16H11ClF3N7O5S3/c17-9-6(23-14(21)34-9)7(25-32)10(28)22-5-3-1-2-4(8(12(30)31)27(3)11(5)29)33-15-24-13(35-26-15)16(18,19)20/h3,5,32H,1-2H2,(H2,21,23)(H,22,28)(H,30,31)/b25-7-/t3-,5+/m1/s1. The minimum Gasteiger partial charge on any atom is -0.477 e. The van der Waals surface area contributed by atoms with Crippen molar-refractivity contribution in [2.75, 3.05) is 5.73 Å². The van der Waals surface area contributed by atoms with E-state index >= 15 is 0 Å². The maximum Gasteiger partial charge on any atom is 0.444 e. The molecule has 4 rings (SSSR count). The van der Waals surface area contributed by atoms with E-state index in [0.717, 1.165) is 16.2 Å². The van der Waals surface area contributed by atoms with E-state index in [0.29, 0.717) is 11.8 Å². The second kappa shape index (κ2) is 9.25. The smallest absolute Gasteiger partial charge is 0.444 e. The molecule has 186 valence electrons. The van der Waals surface area contributed by atoms with Crippen LogP contribution in [-0.4, -0.2) is 65.1 Å². The van der Waals surface area contributed by atoms with Crippen LogP contribution in [0.25, 0.3) is 0 Å². The highest BCUT2D eigenvalue weighted by molar-refractivity contribution is 8.03. The predicted molar refractivity (Wildman–Crippen MR) is 117 cm³/mol. The Labute approximate surface area is 209 Å². The molecule has 2 atom stereocenters. The van der Waals surface area contributed by atoms with Crippen LogP contribution in [-0.2, 0) is 20.6 Å². The van der Waals surface area contributed by atoms with Gasteiger partial charge in [-0.1, -0.05) is 39.9 Å². The summed E-state index contributed by atoms with van der Waals surface area (Å²) in [5, 5.41) is 22.7. The summed E-state index contributed by atoms with van der Waals surface area (Å²) in [4.78, 5) is 45.5. The van der Waals surface area contributed by atoms with Crippen molar-refractivity contribution in [3.63, 3.8) is 0 Å². The number of carboxylic acid groups (broad SMARTS) is 1. The molecule has 12 nitrogen and oxygen atoms in total. The molecule has 2 aliphatic heterocycles. The Hall–Kier alpha value is -2.96. The van der Waals surface area contributed by atoms with Gasteiger partial charge in [-0.25, -0.2) is 14.8 Å². The number of hydrogen-bond acceptors (Lipinski definition) is 12. The number of hydrogen-bond donors (Lipinski definition) is 4. The molecule has 0 aromatic carbocycles. The van der Waals surface area contributed by atoms with Gasteiger partial charge in [0.25, 0.3) is 11.8 Å². The van der Waals surface area contributed by atoms with Crippen molar-refractivity contribution < 1.29 is 37.9 Å². The molecule has 1 saturated heterocycles. The van der Waals surface area contributed by atoms with Gasteiger partial charge in [-0.05, 0) is 24.4 Å². The van der Waals surface area contributed by atoms with Gasteiger partial charge >= 0.3 is 12.1 Å². The largest absolute Gasteiger partial charge is 0.477 e. The van der Waals surface area contributed by atoms with Crippen molar-refractivity contribution >= 4 is 74.9 Å². The minimum atomic E-state index is -4.69. The van der Waals surface area contributed by atoms with Crippen molar-refractivity contribution in [1.29, 1.82) is 0 Å². The monoisotopic (exact) mass is 569 g/mol. The van der Waals surface area contributed by atoms with E-state index in [1.165, 1.54) is 0 Å². The van der Waals surface area contributed by atoms with Gasteiger partial charge in [0.1, 0.15) is 21.8 Å². The zero-order chi connectivity index (χ0) is 25.7. The number of nitrogens with two attached hydrogens (primary N) is 1. The molecule has 4 heterocycles. The Kier molecular flexibility index (Phi) is 6.64. The number of carbonyl (C=O) groups is 3. The van der Waals surface area contributed by atoms with E-state index < -0.39 is 52.5 Å². The Morgan fingerprint density at radius 1 is 1.34 bits per heavy atom. The first-order valence-electron chi connectivity index (χ1n) is 9.25. The predicted octanol–water partition coefficient (Wildman–Crippen LogP) is 2.01. The number of allylic oxidation sites excluding steroid dienone is 1. The quantitative estimate of drug-likeness (QED) is 0.174. The average molecular weight is 570 g/mol. The number of nitrogen functional groups attached to an aromatic ring is 1. The molecule has 0 unspecified atom stereocenters. The first kappa shape index (κ1) is 25.1. The number of alkyl halides is 3. The lowest BCUT2D eigenvalue weighted by molar-refractivity contribution is -0.155. The summed E-state index contributed by atoms with van der Waals surface area (Å²) in [5.41, 5.74) is 4.30. The van der Waals surface area contributed by atoms with Crippen LogP contribution in [0.3, 0.4) is 0 Å². The lowest BCUT2D eigenvalue weighted by Crippen LogP contribution is -2.72. The van der Waals surface area contributed by atoms with Crippen LogP contribution in [0.4, 0.5) is 18.3 Å². The topological polar surface area (TPSA) is 184 Å². The Morgan fingerprint density at radius 2 is 2.06 bits per heavy atom. The number of carbonyl (C=O) groups excluding carboxylic acids is 2. The van der Waals surface area contributed by atoms with Gasteiger partial charge in [0.2, 0.25) is 10.2 Å². The molecule has 19 heteroatoms. The molecular formula is C16H11ClF3N7O5S3. The summed E-state index contributed by atoms with van der Waals surface area (Å²) in [6, 6.07) is -1.91. The van der Waals surface area contributed by atoms with E-state index in [2.05, 4.69) is 24.8 Å².